The van der Waals surface area contributed by atoms with Crippen molar-refractivity contribution in [3.8, 4) is 5.75 Å². The molecule has 7 nitrogen and oxygen atoms in total. The molecule has 0 amide bonds. The van der Waals surface area contributed by atoms with Gasteiger partial charge in [0, 0.05) is 15.2 Å². The molecule has 0 saturated carbocycles. The number of rotatable bonds is 5. The summed E-state index contributed by atoms with van der Waals surface area (Å²) in [5, 5.41) is 18.7. The van der Waals surface area contributed by atoms with E-state index in [0.29, 0.717) is 31.0 Å². The molecule has 0 aliphatic carbocycles. The number of sulfonamides is 1. The molecule has 0 bridgehead atoms. The predicted octanol–water partition coefficient (Wildman–Crippen LogP) is 4.38. The van der Waals surface area contributed by atoms with Gasteiger partial charge in [-0.15, -0.1) is 5.10 Å². The number of aromatic amines is 1. The summed E-state index contributed by atoms with van der Waals surface area (Å²) in [5.41, 5.74) is 0.349. The maximum atomic E-state index is 12.9. The minimum absolute atomic E-state index is 0.0363. The van der Waals surface area contributed by atoms with Crippen molar-refractivity contribution in [3.63, 3.8) is 0 Å². The maximum Gasteiger partial charge on any atom is 0.263 e. The van der Waals surface area contributed by atoms with E-state index in [1.165, 1.54) is 12.4 Å². The van der Waals surface area contributed by atoms with E-state index in [1.54, 1.807) is 48.5 Å². The zero-order valence-electron chi connectivity index (χ0n) is 14.1. The standard InChI is InChI=1S/C18H13BrN4O3S2/c19-13-7-3-4-8-16(13)28(25,26)23-14-9-15(27-18-20-10-21-22-18)17(24)12-6-2-1-5-11(12)14/h1-10,23-24H,(H,20,21,22). The predicted molar refractivity (Wildman–Crippen MR) is 111 cm³/mol. The molecule has 0 atom stereocenters. The number of hydrogen-bond acceptors (Lipinski definition) is 6. The number of H-pyrrole nitrogens is 1. The number of nitrogens with zero attached hydrogens (tertiary/aromatic N) is 2. The van der Waals surface area contributed by atoms with E-state index in [2.05, 4.69) is 35.8 Å². The molecule has 1 heterocycles. The van der Waals surface area contributed by atoms with Crippen LogP contribution >= 0.6 is 27.7 Å². The van der Waals surface area contributed by atoms with Crippen molar-refractivity contribution in [1.82, 2.24) is 15.2 Å². The number of aromatic nitrogens is 3. The highest BCUT2D eigenvalue weighted by Crippen LogP contribution is 2.42. The number of benzene rings is 3. The molecule has 142 valence electrons. The number of hydrogen-bond donors (Lipinski definition) is 3. The van der Waals surface area contributed by atoms with Crippen LogP contribution in [0.4, 0.5) is 5.69 Å². The number of anilines is 1. The Hall–Kier alpha value is -2.56. The molecule has 0 aliphatic heterocycles. The molecule has 0 fully saturated rings. The summed E-state index contributed by atoms with van der Waals surface area (Å²) in [7, 11) is -3.85. The Morgan fingerprint density at radius 1 is 1.07 bits per heavy atom. The summed E-state index contributed by atoms with van der Waals surface area (Å²) >= 11 is 4.41. The smallest absolute Gasteiger partial charge is 0.263 e. The molecule has 0 saturated heterocycles. The van der Waals surface area contributed by atoms with Gasteiger partial charge in [-0.1, -0.05) is 36.4 Å². The molecular weight excluding hydrogens is 464 g/mol. The first-order valence-corrected chi connectivity index (χ1v) is 11.1. The lowest BCUT2D eigenvalue weighted by atomic mass is 10.1. The molecule has 1 aromatic heterocycles. The molecule has 4 rings (SSSR count). The molecule has 10 heteroatoms. The molecule has 4 aromatic rings. The van der Waals surface area contributed by atoms with Crippen molar-refractivity contribution in [1.29, 1.82) is 0 Å². The van der Waals surface area contributed by atoms with E-state index in [0.717, 1.165) is 11.8 Å². The van der Waals surface area contributed by atoms with Crippen LogP contribution in [0, 0.1) is 0 Å². The fraction of sp³-hybridized carbons (Fsp3) is 0. The van der Waals surface area contributed by atoms with Gasteiger partial charge in [0.05, 0.1) is 10.6 Å². The van der Waals surface area contributed by atoms with E-state index >= 15 is 0 Å². The molecule has 0 aliphatic rings. The Morgan fingerprint density at radius 2 is 1.79 bits per heavy atom. The Morgan fingerprint density at radius 3 is 2.50 bits per heavy atom. The van der Waals surface area contributed by atoms with Gasteiger partial charge in [-0.25, -0.2) is 13.4 Å². The van der Waals surface area contributed by atoms with E-state index in [-0.39, 0.29) is 10.6 Å². The van der Waals surface area contributed by atoms with Crippen molar-refractivity contribution < 1.29 is 13.5 Å². The summed E-state index contributed by atoms with van der Waals surface area (Å²) in [5.74, 6) is 0.0363. The van der Waals surface area contributed by atoms with Gasteiger partial charge >= 0.3 is 0 Å². The van der Waals surface area contributed by atoms with Crippen molar-refractivity contribution >= 4 is 54.2 Å². The van der Waals surface area contributed by atoms with Gasteiger partial charge in [0.25, 0.3) is 10.0 Å². The van der Waals surface area contributed by atoms with Crippen LogP contribution in [-0.4, -0.2) is 28.7 Å². The SMILES string of the molecule is O=S(=O)(Nc1cc(Sc2nc[nH]n2)c(O)c2ccccc12)c1ccccc1Br. The van der Waals surface area contributed by atoms with Crippen LogP contribution in [0.25, 0.3) is 10.8 Å². The first-order valence-electron chi connectivity index (χ1n) is 8.01. The average Bonchev–Trinajstić information content (AvgIpc) is 3.19. The van der Waals surface area contributed by atoms with Crippen LogP contribution in [0.1, 0.15) is 0 Å². The molecule has 3 aromatic carbocycles. The zero-order valence-corrected chi connectivity index (χ0v) is 17.3. The minimum atomic E-state index is -3.85. The third-order valence-corrected chi connectivity index (χ3v) is 7.23. The van der Waals surface area contributed by atoms with Crippen molar-refractivity contribution in [3.05, 3.63) is 65.4 Å². The van der Waals surface area contributed by atoms with Crippen molar-refractivity contribution in [2.24, 2.45) is 0 Å². The van der Waals surface area contributed by atoms with Crippen LogP contribution in [0.2, 0.25) is 0 Å². The number of fused-ring (bicyclic) bond motifs is 1. The van der Waals surface area contributed by atoms with Gasteiger partial charge in [-0.05, 0) is 45.9 Å². The zero-order chi connectivity index (χ0) is 19.7. The summed E-state index contributed by atoms with van der Waals surface area (Å²) in [6.45, 7) is 0. The fourth-order valence-corrected chi connectivity index (χ4v) is 5.56. The third-order valence-electron chi connectivity index (χ3n) is 3.95. The van der Waals surface area contributed by atoms with Gasteiger partial charge < -0.3 is 5.11 Å². The van der Waals surface area contributed by atoms with Crippen molar-refractivity contribution in [2.75, 3.05) is 4.72 Å². The average molecular weight is 477 g/mol. The Kier molecular flexibility index (Phi) is 5.00. The number of phenols is 1. The lowest BCUT2D eigenvalue weighted by Crippen LogP contribution is -2.14. The summed E-state index contributed by atoms with van der Waals surface area (Å²) < 4.78 is 29.0. The lowest BCUT2D eigenvalue weighted by Gasteiger charge is -2.15. The number of halogens is 1. The van der Waals surface area contributed by atoms with Gasteiger partial charge in [0.1, 0.15) is 17.0 Å². The maximum absolute atomic E-state index is 12.9. The molecule has 0 spiro atoms. The Labute approximate surface area is 173 Å². The fourth-order valence-electron chi connectivity index (χ4n) is 2.70. The van der Waals surface area contributed by atoms with Crippen LogP contribution < -0.4 is 4.72 Å². The molecule has 0 radical (unpaired) electrons. The quantitative estimate of drug-likeness (QED) is 0.369. The molecule has 0 unspecified atom stereocenters. The van der Waals surface area contributed by atoms with E-state index in [4.69, 9.17) is 0 Å². The molecule has 3 N–H and O–H groups in total. The van der Waals surface area contributed by atoms with Crippen LogP contribution in [0.3, 0.4) is 0 Å². The summed E-state index contributed by atoms with van der Waals surface area (Å²) in [6.07, 6.45) is 1.43. The van der Waals surface area contributed by atoms with Crippen molar-refractivity contribution in [2.45, 2.75) is 14.9 Å². The second-order valence-electron chi connectivity index (χ2n) is 5.74. The number of phenolic OH excluding ortho intramolecular Hbond substituents is 1. The normalized spacial score (nSPS) is 11.6. The third kappa shape index (κ3) is 3.58. The molecule has 28 heavy (non-hydrogen) atoms. The number of nitrogens with one attached hydrogen (secondary N) is 2. The van der Waals surface area contributed by atoms with Gasteiger partial charge in [0.2, 0.25) is 5.16 Å². The first-order chi connectivity index (χ1) is 13.5. The minimum Gasteiger partial charge on any atom is -0.506 e. The number of aromatic hydroxyl groups is 1. The highest BCUT2D eigenvalue weighted by Gasteiger charge is 2.21. The topological polar surface area (TPSA) is 108 Å². The summed E-state index contributed by atoms with van der Waals surface area (Å²) in [4.78, 5) is 4.59. The Balaban J connectivity index is 1.84. The Bertz CT molecular complexity index is 1260. The lowest BCUT2D eigenvalue weighted by molar-refractivity contribution is 0.469. The highest BCUT2D eigenvalue weighted by atomic mass is 79.9. The van der Waals surface area contributed by atoms with Crippen LogP contribution in [0.15, 0.2) is 80.3 Å². The first kappa shape index (κ1) is 18.8. The van der Waals surface area contributed by atoms with E-state index in [1.807, 2.05) is 0 Å². The largest absolute Gasteiger partial charge is 0.506 e. The van der Waals surface area contributed by atoms with Gasteiger partial charge in [-0.2, -0.15) is 0 Å². The monoisotopic (exact) mass is 476 g/mol. The second kappa shape index (κ2) is 7.46. The van der Waals surface area contributed by atoms with Gasteiger partial charge in [0.15, 0.2) is 0 Å². The van der Waals surface area contributed by atoms with E-state index < -0.39 is 10.0 Å². The molecular formula is C18H13BrN4O3S2. The van der Waals surface area contributed by atoms with Crippen LogP contribution in [0.5, 0.6) is 5.75 Å². The van der Waals surface area contributed by atoms with E-state index in [9.17, 15) is 13.5 Å². The summed E-state index contributed by atoms with van der Waals surface area (Å²) in [6, 6.07) is 15.2. The second-order valence-corrected chi connectivity index (χ2v) is 9.25. The highest BCUT2D eigenvalue weighted by molar-refractivity contribution is 9.10. The van der Waals surface area contributed by atoms with Crippen LogP contribution in [-0.2, 0) is 10.0 Å². The van der Waals surface area contributed by atoms with Gasteiger partial charge in [-0.3, -0.25) is 9.82 Å².